The minimum atomic E-state index is 0.322. The molecule has 4 nitrogen and oxygen atoms in total. The molecule has 0 spiro atoms. The fraction of sp³-hybridized carbons (Fsp3) is 0.538. The van der Waals surface area contributed by atoms with Gasteiger partial charge >= 0.3 is 0 Å². The summed E-state index contributed by atoms with van der Waals surface area (Å²) in [6.07, 6.45) is 2.94. The van der Waals surface area contributed by atoms with Crippen LogP contribution in [0.25, 0.3) is 11.2 Å². The van der Waals surface area contributed by atoms with E-state index in [9.17, 15) is 0 Å². The first-order valence-electron chi connectivity index (χ1n) is 6.32. The Hall–Kier alpha value is -1.20. The van der Waals surface area contributed by atoms with Crippen LogP contribution in [0.3, 0.4) is 0 Å². The number of imidazole rings is 1. The third-order valence-corrected chi connectivity index (χ3v) is 4.17. The van der Waals surface area contributed by atoms with Gasteiger partial charge in [0.05, 0.1) is 12.1 Å². The van der Waals surface area contributed by atoms with Gasteiger partial charge < -0.3 is 9.72 Å². The van der Waals surface area contributed by atoms with Gasteiger partial charge in [0.2, 0.25) is 0 Å². The van der Waals surface area contributed by atoms with Crippen molar-refractivity contribution in [1.82, 2.24) is 14.5 Å². The number of nitrogens with zero attached hydrogens (tertiary/aromatic N) is 2. The molecule has 0 saturated carbocycles. The van der Waals surface area contributed by atoms with Gasteiger partial charge in [0.25, 0.3) is 0 Å². The molecule has 1 saturated heterocycles. The van der Waals surface area contributed by atoms with E-state index in [-0.39, 0.29) is 0 Å². The van der Waals surface area contributed by atoms with Gasteiger partial charge in [-0.25, -0.2) is 4.98 Å². The quantitative estimate of drug-likeness (QED) is 0.847. The van der Waals surface area contributed by atoms with Crippen LogP contribution >= 0.6 is 12.2 Å². The van der Waals surface area contributed by atoms with Crippen LogP contribution in [0.15, 0.2) is 12.3 Å². The zero-order chi connectivity index (χ0) is 12.7. The number of pyridine rings is 1. The predicted octanol–water partition coefficient (Wildman–Crippen LogP) is 3.00. The third-order valence-electron chi connectivity index (χ3n) is 3.87. The Labute approximate surface area is 111 Å². The second-order valence-electron chi connectivity index (χ2n) is 4.99. The van der Waals surface area contributed by atoms with Crippen LogP contribution in [-0.4, -0.2) is 27.7 Å². The molecule has 18 heavy (non-hydrogen) atoms. The van der Waals surface area contributed by atoms with E-state index in [1.807, 2.05) is 12.3 Å². The highest BCUT2D eigenvalue weighted by molar-refractivity contribution is 7.71. The van der Waals surface area contributed by atoms with Crippen molar-refractivity contribution in [3.63, 3.8) is 0 Å². The van der Waals surface area contributed by atoms with Crippen molar-refractivity contribution in [2.45, 2.75) is 26.3 Å². The number of nitrogens with one attached hydrogen (secondary N) is 1. The summed E-state index contributed by atoms with van der Waals surface area (Å²) in [6, 6.07) is 2.32. The molecule has 1 aliphatic rings. The highest BCUT2D eigenvalue weighted by Gasteiger charge is 2.25. The normalized spacial score (nSPS) is 21.6. The van der Waals surface area contributed by atoms with Crippen LogP contribution < -0.4 is 0 Å². The smallest absolute Gasteiger partial charge is 0.179 e. The van der Waals surface area contributed by atoms with E-state index in [2.05, 4.69) is 28.4 Å². The van der Waals surface area contributed by atoms with E-state index in [1.165, 1.54) is 5.56 Å². The zero-order valence-corrected chi connectivity index (χ0v) is 11.5. The monoisotopic (exact) mass is 263 g/mol. The molecule has 1 N–H and O–H groups in total. The standard InChI is InChI=1S/C13H17N3OS/c1-8-3-5-14-12-11(8)15-13(18)16(12)9(2)10-4-6-17-7-10/h3,5,9-10H,4,6-7H2,1-2H3,(H,15,18). The molecular weight excluding hydrogens is 246 g/mol. The van der Waals surface area contributed by atoms with Gasteiger partial charge in [-0.1, -0.05) is 0 Å². The summed E-state index contributed by atoms with van der Waals surface area (Å²) in [5.74, 6) is 0.526. The second-order valence-corrected chi connectivity index (χ2v) is 5.38. The van der Waals surface area contributed by atoms with Gasteiger partial charge in [0.15, 0.2) is 10.4 Å². The predicted molar refractivity (Wildman–Crippen MR) is 73.3 cm³/mol. The van der Waals surface area contributed by atoms with E-state index in [4.69, 9.17) is 17.0 Å². The number of aromatic amines is 1. The van der Waals surface area contributed by atoms with Gasteiger partial charge in [-0.15, -0.1) is 0 Å². The summed E-state index contributed by atoms with van der Waals surface area (Å²) in [5.41, 5.74) is 3.19. The number of aromatic nitrogens is 3. The SMILES string of the molecule is Cc1ccnc2c1[nH]c(=S)n2C(C)C1CCOC1. The summed E-state index contributed by atoms with van der Waals surface area (Å²) in [4.78, 5) is 7.75. The Morgan fingerprint density at radius 3 is 3.17 bits per heavy atom. The van der Waals surface area contributed by atoms with Gasteiger partial charge in [-0.05, 0) is 44.1 Å². The van der Waals surface area contributed by atoms with Crippen LogP contribution in [0, 0.1) is 17.6 Å². The van der Waals surface area contributed by atoms with Gasteiger partial charge in [0, 0.05) is 24.8 Å². The van der Waals surface area contributed by atoms with E-state index in [0.717, 1.165) is 35.6 Å². The fourth-order valence-corrected chi connectivity index (χ4v) is 3.02. The van der Waals surface area contributed by atoms with Crippen LogP contribution in [-0.2, 0) is 4.74 Å². The average molecular weight is 263 g/mol. The number of H-pyrrole nitrogens is 1. The van der Waals surface area contributed by atoms with Gasteiger partial charge in [-0.2, -0.15) is 0 Å². The molecule has 2 unspecified atom stereocenters. The van der Waals surface area contributed by atoms with Crippen molar-refractivity contribution in [3.8, 4) is 0 Å². The highest BCUT2D eigenvalue weighted by atomic mass is 32.1. The number of hydrogen-bond acceptors (Lipinski definition) is 3. The minimum absolute atomic E-state index is 0.322. The lowest BCUT2D eigenvalue weighted by molar-refractivity contribution is 0.175. The largest absolute Gasteiger partial charge is 0.381 e. The summed E-state index contributed by atoms with van der Waals surface area (Å²) in [6.45, 7) is 5.95. The van der Waals surface area contributed by atoms with Crippen molar-refractivity contribution in [2.24, 2.45) is 5.92 Å². The number of aryl methyl sites for hydroxylation is 1. The van der Waals surface area contributed by atoms with Crippen LogP contribution in [0.5, 0.6) is 0 Å². The van der Waals surface area contributed by atoms with Crippen LogP contribution in [0.4, 0.5) is 0 Å². The van der Waals surface area contributed by atoms with E-state index in [0.29, 0.717) is 12.0 Å². The van der Waals surface area contributed by atoms with E-state index in [1.54, 1.807) is 0 Å². The van der Waals surface area contributed by atoms with Crippen molar-refractivity contribution >= 4 is 23.4 Å². The van der Waals surface area contributed by atoms with Gasteiger partial charge in [0.1, 0.15) is 0 Å². The van der Waals surface area contributed by atoms with Crippen molar-refractivity contribution in [3.05, 3.63) is 22.6 Å². The molecule has 5 heteroatoms. The highest BCUT2D eigenvalue weighted by Crippen LogP contribution is 2.29. The number of ether oxygens (including phenoxy) is 1. The molecule has 2 aromatic heterocycles. The molecule has 2 atom stereocenters. The van der Waals surface area contributed by atoms with Crippen molar-refractivity contribution in [1.29, 1.82) is 0 Å². The zero-order valence-electron chi connectivity index (χ0n) is 10.6. The molecule has 0 aromatic carbocycles. The molecule has 3 rings (SSSR count). The Morgan fingerprint density at radius 1 is 1.61 bits per heavy atom. The Balaban J connectivity index is 2.13. The molecule has 2 aromatic rings. The first-order valence-corrected chi connectivity index (χ1v) is 6.73. The molecule has 3 heterocycles. The van der Waals surface area contributed by atoms with Crippen LogP contribution in [0.2, 0.25) is 0 Å². The lowest BCUT2D eigenvalue weighted by atomic mass is 10.0. The maximum Gasteiger partial charge on any atom is 0.179 e. The first-order chi connectivity index (χ1) is 8.68. The maximum atomic E-state index is 5.47. The maximum absolute atomic E-state index is 5.47. The Bertz CT molecular complexity index is 625. The molecule has 0 radical (unpaired) electrons. The van der Waals surface area contributed by atoms with E-state index < -0.39 is 0 Å². The van der Waals surface area contributed by atoms with E-state index >= 15 is 0 Å². The number of fused-ring (bicyclic) bond motifs is 1. The van der Waals surface area contributed by atoms with Crippen molar-refractivity contribution < 1.29 is 4.74 Å². The summed E-state index contributed by atoms with van der Waals surface area (Å²) in [7, 11) is 0. The number of rotatable bonds is 2. The third kappa shape index (κ3) is 1.78. The fourth-order valence-electron chi connectivity index (χ4n) is 2.67. The molecule has 1 fully saturated rings. The Kier molecular flexibility index (Phi) is 2.95. The number of hydrogen-bond donors (Lipinski definition) is 1. The molecule has 96 valence electrons. The topological polar surface area (TPSA) is 42.8 Å². The van der Waals surface area contributed by atoms with Crippen LogP contribution in [0.1, 0.15) is 24.9 Å². The second kappa shape index (κ2) is 4.48. The summed E-state index contributed by atoms with van der Waals surface area (Å²) < 4.78 is 8.37. The molecule has 1 aliphatic heterocycles. The molecular formula is C13H17N3OS. The van der Waals surface area contributed by atoms with Gasteiger partial charge in [-0.3, -0.25) is 4.57 Å². The summed E-state index contributed by atoms with van der Waals surface area (Å²) >= 11 is 5.45. The molecule has 0 aliphatic carbocycles. The lowest BCUT2D eigenvalue weighted by Gasteiger charge is -2.19. The average Bonchev–Trinajstić information content (AvgIpc) is 2.96. The Morgan fingerprint density at radius 2 is 2.44 bits per heavy atom. The first kappa shape index (κ1) is 11.9. The van der Waals surface area contributed by atoms with Crippen molar-refractivity contribution in [2.75, 3.05) is 13.2 Å². The lowest BCUT2D eigenvalue weighted by Crippen LogP contribution is -2.17. The summed E-state index contributed by atoms with van der Waals surface area (Å²) in [5, 5.41) is 0. The molecule has 0 amide bonds. The minimum Gasteiger partial charge on any atom is -0.381 e. The molecule has 0 bridgehead atoms.